The molecule has 0 aromatic heterocycles. The predicted molar refractivity (Wildman–Crippen MR) is 63.9 cm³/mol. The zero-order chi connectivity index (χ0) is 11.4. The summed E-state index contributed by atoms with van der Waals surface area (Å²) >= 11 is 0. The van der Waals surface area contributed by atoms with E-state index in [4.69, 9.17) is 10.5 Å². The van der Waals surface area contributed by atoms with Crippen LogP contribution in [0.4, 0.5) is 0 Å². The van der Waals surface area contributed by atoms with E-state index in [-0.39, 0.29) is 12.1 Å². The van der Waals surface area contributed by atoms with Gasteiger partial charge in [0.1, 0.15) is 0 Å². The summed E-state index contributed by atoms with van der Waals surface area (Å²) in [5.74, 6) is 0. The number of ether oxygens (including phenoxy) is 1. The molecule has 0 aliphatic carbocycles. The molecule has 2 N–H and O–H groups in total. The van der Waals surface area contributed by atoms with Gasteiger partial charge in [-0.3, -0.25) is 0 Å². The Bertz CT molecular complexity index is 320. The van der Waals surface area contributed by atoms with E-state index in [1.165, 1.54) is 11.1 Å². The Labute approximate surface area is 92.4 Å². The van der Waals surface area contributed by atoms with Crippen LogP contribution >= 0.6 is 0 Å². The topological polar surface area (TPSA) is 35.2 Å². The van der Waals surface area contributed by atoms with Crippen LogP contribution in [0.1, 0.15) is 36.6 Å². The van der Waals surface area contributed by atoms with E-state index >= 15 is 0 Å². The normalized spacial score (nSPS) is 13.2. The molecule has 0 spiro atoms. The van der Waals surface area contributed by atoms with Gasteiger partial charge in [0.2, 0.25) is 0 Å². The summed E-state index contributed by atoms with van der Waals surface area (Å²) in [6, 6.07) is 6.31. The van der Waals surface area contributed by atoms with Crippen LogP contribution in [0.25, 0.3) is 0 Å². The Balaban J connectivity index is 2.65. The van der Waals surface area contributed by atoms with E-state index in [1.807, 2.05) is 13.8 Å². The minimum Gasteiger partial charge on any atom is -0.377 e. The maximum atomic E-state index is 6.04. The van der Waals surface area contributed by atoms with Crippen LogP contribution in [-0.2, 0) is 4.74 Å². The second-order valence-corrected chi connectivity index (χ2v) is 4.33. The van der Waals surface area contributed by atoms with Gasteiger partial charge >= 0.3 is 0 Å². The van der Waals surface area contributed by atoms with Gasteiger partial charge < -0.3 is 10.5 Å². The van der Waals surface area contributed by atoms with E-state index in [0.29, 0.717) is 6.61 Å². The van der Waals surface area contributed by atoms with Crippen LogP contribution in [0, 0.1) is 13.8 Å². The minimum atomic E-state index is -0.0216. The molecule has 0 heterocycles. The van der Waals surface area contributed by atoms with Gasteiger partial charge in [-0.2, -0.15) is 0 Å². The van der Waals surface area contributed by atoms with Gasteiger partial charge in [0.05, 0.1) is 18.8 Å². The second-order valence-electron chi connectivity index (χ2n) is 4.33. The zero-order valence-corrected chi connectivity index (χ0v) is 10.1. The molecule has 1 unspecified atom stereocenters. The molecule has 0 amide bonds. The highest BCUT2D eigenvalue weighted by Crippen LogP contribution is 2.16. The quantitative estimate of drug-likeness (QED) is 0.824. The monoisotopic (exact) mass is 207 g/mol. The summed E-state index contributed by atoms with van der Waals surface area (Å²) in [7, 11) is 0. The number of rotatable bonds is 4. The molecular formula is C13H21NO. The summed E-state index contributed by atoms with van der Waals surface area (Å²) in [6.07, 6.45) is 0.239. The van der Waals surface area contributed by atoms with Crippen molar-refractivity contribution in [3.63, 3.8) is 0 Å². The molecule has 0 aliphatic heterocycles. The van der Waals surface area contributed by atoms with Crippen LogP contribution in [0.5, 0.6) is 0 Å². The van der Waals surface area contributed by atoms with Gasteiger partial charge in [-0.05, 0) is 44.4 Å². The van der Waals surface area contributed by atoms with Crippen LogP contribution in [0.15, 0.2) is 18.2 Å². The average molecular weight is 207 g/mol. The second kappa shape index (κ2) is 5.29. The summed E-state index contributed by atoms with van der Waals surface area (Å²) in [5, 5.41) is 0. The van der Waals surface area contributed by atoms with Gasteiger partial charge in [0, 0.05) is 0 Å². The molecule has 0 aliphatic rings. The summed E-state index contributed by atoms with van der Waals surface area (Å²) in [4.78, 5) is 0. The Hall–Kier alpha value is -0.860. The molecule has 1 rings (SSSR count). The predicted octanol–water partition coefficient (Wildman–Crippen LogP) is 2.73. The molecule has 2 nitrogen and oxygen atoms in total. The van der Waals surface area contributed by atoms with Crippen molar-refractivity contribution in [2.24, 2.45) is 5.73 Å². The molecule has 1 atom stereocenters. The maximum Gasteiger partial charge on any atom is 0.0662 e. The third-order valence-corrected chi connectivity index (χ3v) is 2.57. The van der Waals surface area contributed by atoms with Crippen molar-refractivity contribution in [1.29, 1.82) is 0 Å². The first-order valence-corrected chi connectivity index (χ1v) is 5.45. The highest BCUT2D eigenvalue weighted by Gasteiger charge is 2.07. The lowest BCUT2D eigenvalue weighted by atomic mass is 10.0. The average Bonchev–Trinajstić information content (AvgIpc) is 2.18. The van der Waals surface area contributed by atoms with Gasteiger partial charge in [-0.25, -0.2) is 0 Å². The third-order valence-electron chi connectivity index (χ3n) is 2.57. The van der Waals surface area contributed by atoms with Crippen molar-refractivity contribution < 1.29 is 4.74 Å². The first-order valence-electron chi connectivity index (χ1n) is 5.45. The van der Waals surface area contributed by atoms with Gasteiger partial charge in [-0.15, -0.1) is 0 Å². The molecule has 0 radical (unpaired) electrons. The van der Waals surface area contributed by atoms with Gasteiger partial charge in [-0.1, -0.05) is 18.2 Å². The largest absolute Gasteiger partial charge is 0.377 e. The molecule has 84 valence electrons. The summed E-state index contributed by atoms with van der Waals surface area (Å²) in [6.45, 7) is 8.84. The van der Waals surface area contributed by atoms with Gasteiger partial charge in [0.25, 0.3) is 0 Å². The van der Waals surface area contributed by atoms with Crippen molar-refractivity contribution in [2.75, 3.05) is 6.61 Å². The van der Waals surface area contributed by atoms with Crippen LogP contribution in [0.3, 0.4) is 0 Å². The standard InChI is InChI=1S/C13H21NO/c1-9(2)15-8-13(14)12-6-5-10(3)11(4)7-12/h5-7,9,13H,8,14H2,1-4H3. The zero-order valence-electron chi connectivity index (χ0n) is 10.1. The molecule has 15 heavy (non-hydrogen) atoms. The van der Waals surface area contributed by atoms with Crippen molar-refractivity contribution in [3.05, 3.63) is 34.9 Å². The summed E-state index contributed by atoms with van der Waals surface area (Å²) in [5.41, 5.74) is 9.78. The van der Waals surface area contributed by atoms with E-state index < -0.39 is 0 Å². The van der Waals surface area contributed by atoms with Crippen molar-refractivity contribution in [1.82, 2.24) is 0 Å². The van der Waals surface area contributed by atoms with Crippen molar-refractivity contribution in [2.45, 2.75) is 39.8 Å². The first-order chi connectivity index (χ1) is 7.00. The molecule has 1 aromatic carbocycles. The van der Waals surface area contributed by atoms with Crippen LogP contribution < -0.4 is 5.73 Å². The minimum absolute atomic E-state index is 0.0216. The number of hydrogen-bond donors (Lipinski definition) is 1. The fraction of sp³-hybridized carbons (Fsp3) is 0.538. The first kappa shape index (κ1) is 12.2. The fourth-order valence-electron chi connectivity index (χ4n) is 1.39. The van der Waals surface area contributed by atoms with Crippen LogP contribution in [0.2, 0.25) is 0 Å². The number of hydrogen-bond acceptors (Lipinski definition) is 2. The lowest BCUT2D eigenvalue weighted by molar-refractivity contribution is 0.0683. The van der Waals surface area contributed by atoms with E-state index in [1.54, 1.807) is 0 Å². The van der Waals surface area contributed by atoms with Crippen molar-refractivity contribution >= 4 is 0 Å². The molecule has 0 saturated heterocycles. The van der Waals surface area contributed by atoms with E-state index in [0.717, 1.165) is 5.56 Å². The molecular weight excluding hydrogens is 186 g/mol. The van der Waals surface area contributed by atoms with E-state index in [9.17, 15) is 0 Å². The van der Waals surface area contributed by atoms with Gasteiger partial charge in [0.15, 0.2) is 0 Å². The van der Waals surface area contributed by atoms with Crippen LogP contribution in [-0.4, -0.2) is 12.7 Å². The molecule has 0 saturated carbocycles. The fourth-order valence-corrected chi connectivity index (χ4v) is 1.39. The molecule has 0 fully saturated rings. The van der Waals surface area contributed by atoms with Crippen molar-refractivity contribution in [3.8, 4) is 0 Å². The lowest BCUT2D eigenvalue weighted by Crippen LogP contribution is -2.19. The SMILES string of the molecule is Cc1ccc(C(N)COC(C)C)cc1C. The highest BCUT2D eigenvalue weighted by molar-refractivity contribution is 5.31. The Morgan fingerprint density at radius 2 is 1.87 bits per heavy atom. The molecule has 2 heteroatoms. The highest BCUT2D eigenvalue weighted by atomic mass is 16.5. The van der Waals surface area contributed by atoms with E-state index in [2.05, 4.69) is 32.0 Å². The molecule has 0 bridgehead atoms. The third kappa shape index (κ3) is 3.65. The number of aryl methyl sites for hydroxylation is 2. The Morgan fingerprint density at radius 1 is 1.20 bits per heavy atom. The maximum absolute atomic E-state index is 6.04. The Morgan fingerprint density at radius 3 is 2.40 bits per heavy atom. The smallest absolute Gasteiger partial charge is 0.0662 e. The number of benzene rings is 1. The number of nitrogens with two attached hydrogens (primary N) is 1. The lowest BCUT2D eigenvalue weighted by Gasteiger charge is -2.15. The molecule has 1 aromatic rings. The Kier molecular flexibility index (Phi) is 4.30. The summed E-state index contributed by atoms with van der Waals surface area (Å²) < 4.78 is 5.50.